The number of para-hydroxylation sites is 1. The molecule has 77 heavy (non-hydrogen) atoms. The fourth-order valence-corrected chi connectivity index (χ4v) is 11.8. The van der Waals surface area contributed by atoms with Crippen molar-refractivity contribution in [2.45, 2.75) is 18.9 Å². The highest BCUT2D eigenvalue weighted by Gasteiger charge is 2.22. The molecular formula is C74H52N2O. The number of nitrogens with zero attached hydrogens (tertiary/aromatic N) is 2. The van der Waals surface area contributed by atoms with Crippen LogP contribution in [0.3, 0.4) is 0 Å². The maximum absolute atomic E-state index is 6.89. The van der Waals surface area contributed by atoms with E-state index < -0.39 is 0 Å². The number of furan rings is 1. The summed E-state index contributed by atoms with van der Waals surface area (Å²) in [5.74, 6) is 0. The normalized spacial score (nSPS) is 12.6. The van der Waals surface area contributed by atoms with E-state index in [1.54, 1.807) is 0 Å². The molecule has 1 unspecified atom stereocenters. The second kappa shape index (κ2) is 19.1. The third-order valence-electron chi connectivity index (χ3n) is 15.6. The summed E-state index contributed by atoms with van der Waals surface area (Å²) in [6.45, 7) is 9.18. The first kappa shape index (κ1) is 45.8. The van der Waals surface area contributed by atoms with Gasteiger partial charge in [-0.1, -0.05) is 226 Å². The number of hydrogen-bond donors (Lipinski definition) is 0. The van der Waals surface area contributed by atoms with E-state index in [2.05, 4.69) is 260 Å². The van der Waals surface area contributed by atoms with E-state index in [0.717, 1.165) is 78.6 Å². The topological polar surface area (TPSA) is 30.4 Å². The van der Waals surface area contributed by atoms with Gasteiger partial charge in [0.15, 0.2) is 5.58 Å². The molecule has 1 atom stereocenters. The van der Waals surface area contributed by atoms with Gasteiger partial charge in [-0.2, -0.15) is 0 Å². The molecule has 0 aliphatic heterocycles. The Labute approximate surface area is 447 Å². The Morgan fingerprint density at radius 2 is 1.16 bits per heavy atom. The first-order valence-electron chi connectivity index (χ1n) is 26.5. The average molecular weight is 985 g/mol. The third-order valence-corrected chi connectivity index (χ3v) is 15.6. The number of hydrogen-bond acceptors (Lipinski definition) is 2. The highest BCUT2D eigenvalue weighted by molar-refractivity contribution is 6.24. The number of rotatable bonds is 12. The molecule has 14 aromatic rings. The summed E-state index contributed by atoms with van der Waals surface area (Å²) in [6, 6.07) is 87.1. The van der Waals surface area contributed by atoms with Gasteiger partial charge in [0.25, 0.3) is 0 Å². The quantitative estimate of drug-likeness (QED) is 0.0682. The highest BCUT2D eigenvalue weighted by atomic mass is 16.3. The largest absolute Gasteiger partial charge is 0.454 e. The van der Waals surface area contributed by atoms with Crippen LogP contribution in [0.15, 0.2) is 283 Å². The van der Waals surface area contributed by atoms with Crippen molar-refractivity contribution in [2.24, 2.45) is 4.99 Å². The van der Waals surface area contributed by atoms with E-state index in [0.29, 0.717) is 6.42 Å². The maximum atomic E-state index is 6.89. The number of aromatic nitrogens is 1. The zero-order valence-electron chi connectivity index (χ0n) is 42.5. The molecule has 0 N–H and O–H groups in total. The Hall–Kier alpha value is -9.83. The van der Waals surface area contributed by atoms with Crippen molar-refractivity contribution in [3.8, 4) is 16.8 Å². The van der Waals surface area contributed by atoms with Crippen LogP contribution in [0.5, 0.6) is 0 Å². The van der Waals surface area contributed by atoms with Gasteiger partial charge in [-0.25, -0.2) is 0 Å². The molecule has 0 saturated carbocycles. The van der Waals surface area contributed by atoms with E-state index in [4.69, 9.17) is 16.0 Å². The van der Waals surface area contributed by atoms with Crippen molar-refractivity contribution >= 4 is 98.1 Å². The van der Waals surface area contributed by atoms with Crippen LogP contribution < -0.4 is 0 Å². The molecule has 0 bridgehead atoms. The summed E-state index contributed by atoms with van der Waals surface area (Å²) in [7, 11) is 0. The van der Waals surface area contributed by atoms with Gasteiger partial charge < -0.3 is 8.98 Å². The fraction of sp³-hybridized carbons (Fsp3) is 0.0405. The van der Waals surface area contributed by atoms with Gasteiger partial charge in [-0.3, -0.25) is 4.99 Å². The van der Waals surface area contributed by atoms with Crippen LogP contribution in [0, 0.1) is 0 Å². The molecule has 0 aliphatic rings. The van der Waals surface area contributed by atoms with Gasteiger partial charge in [0.2, 0.25) is 0 Å². The van der Waals surface area contributed by atoms with Crippen LogP contribution in [0.4, 0.5) is 0 Å². The minimum atomic E-state index is -0.310. The second-order valence-electron chi connectivity index (χ2n) is 20.3. The van der Waals surface area contributed by atoms with Crippen LogP contribution in [-0.2, 0) is 6.42 Å². The lowest BCUT2D eigenvalue weighted by molar-refractivity contribution is 0.666. The second-order valence-corrected chi connectivity index (χ2v) is 20.3. The Bertz CT molecular complexity index is 4710. The van der Waals surface area contributed by atoms with Crippen LogP contribution in [0.1, 0.15) is 40.3 Å². The lowest BCUT2D eigenvalue weighted by Gasteiger charge is -2.15. The van der Waals surface area contributed by atoms with Crippen molar-refractivity contribution in [1.29, 1.82) is 0 Å². The molecule has 364 valence electrons. The van der Waals surface area contributed by atoms with Crippen molar-refractivity contribution in [3.63, 3.8) is 0 Å². The van der Waals surface area contributed by atoms with Crippen molar-refractivity contribution < 1.29 is 4.42 Å². The van der Waals surface area contributed by atoms with Crippen molar-refractivity contribution in [2.75, 3.05) is 0 Å². The summed E-state index contributed by atoms with van der Waals surface area (Å²) in [5.41, 5.74) is 14.8. The van der Waals surface area contributed by atoms with Crippen LogP contribution in [0.25, 0.3) is 109 Å². The molecule has 12 aromatic carbocycles. The van der Waals surface area contributed by atoms with Crippen molar-refractivity contribution in [1.82, 2.24) is 4.57 Å². The van der Waals surface area contributed by atoms with E-state index in [1.807, 2.05) is 12.1 Å². The van der Waals surface area contributed by atoms with Crippen LogP contribution >= 0.6 is 0 Å². The van der Waals surface area contributed by atoms with Gasteiger partial charge in [-0.15, -0.1) is 0 Å². The molecule has 0 amide bonds. The van der Waals surface area contributed by atoms with Gasteiger partial charge in [0.1, 0.15) is 5.58 Å². The summed E-state index contributed by atoms with van der Waals surface area (Å²) >= 11 is 0. The summed E-state index contributed by atoms with van der Waals surface area (Å²) in [5, 5.41) is 14.3. The Balaban J connectivity index is 0.882. The molecule has 2 heterocycles. The number of allylic oxidation sites excluding steroid dienone is 3. The Morgan fingerprint density at radius 1 is 0.494 bits per heavy atom. The lowest BCUT2D eigenvalue weighted by atomic mass is 9.91. The van der Waals surface area contributed by atoms with E-state index in [-0.39, 0.29) is 6.04 Å². The minimum Gasteiger partial charge on any atom is -0.454 e. The zero-order chi connectivity index (χ0) is 51.4. The summed E-state index contributed by atoms with van der Waals surface area (Å²) < 4.78 is 9.30. The van der Waals surface area contributed by atoms with E-state index in [1.165, 1.54) is 70.6 Å². The van der Waals surface area contributed by atoms with Crippen molar-refractivity contribution in [3.05, 3.63) is 302 Å². The monoisotopic (exact) mass is 984 g/mol. The molecule has 2 aromatic heterocycles. The molecule has 0 aliphatic carbocycles. The Morgan fingerprint density at radius 3 is 1.95 bits per heavy atom. The lowest BCUT2D eigenvalue weighted by Crippen LogP contribution is -2.02. The standard InChI is InChI=1S/C74H52N2O/c1-3-67(57-37-39-62-60-28-14-13-27-56(60)42-59(64(62)44-57)41-49-20-6-4-7-21-49)75-68(53-35-33-51(34-36-53)50-22-8-5-9-23-50)31-18-19-48(2)58-45-65-63-30-16-17-32-72(63)77-74(65)71(47-58)76-69-40-38-52-24-12-15-29-61(52)73(69)66-43-54-25-10-11-26-55(54)46-70(66)76/h3-18,20-40,42-47,68H,1-2,19,41H2/b31-18+,75-67+. The smallest absolute Gasteiger partial charge is 0.159 e. The highest BCUT2D eigenvalue weighted by Crippen LogP contribution is 2.43. The number of benzene rings is 12. The molecule has 0 fully saturated rings. The van der Waals surface area contributed by atoms with Gasteiger partial charge in [0.05, 0.1) is 28.5 Å². The predicted octanol–water partition coefficient (Wildman–Crippen LogP) is 19.9. The molecule has 0 radical (unpaired) electrons. The molecule has 3 nitrogen and oxygen atoms in total. The van der Waals surface area contributed by atoms with E-state index in [9.17, 15) is 0 Å². The molecule has 3 heteroatoms. The SMILES string of the molecule is C=C/C(=N\C(/C=C/CC(=C)c1cc(-n2c3cc4ccccc4cc3c3c4ccccc4ccc32)c2oc3ccccc3c2c1)c1ccc(-c2ccccc2)cc1)c1ccc2c(c1)c(Cc1ccccc1)cc1ccccc12. The number of aliphatic imine (C=N–C) groups is 1. The first-order chi connectivity index (χ1) is 38.0. The molecular weight excluding hydrogens is 933 g/mol. The van der Waals surface area contributed by atoms with Gasteiger partial charge in [0, 0.05) is 27.1 Å². The van der Waals surface area contributed by atoms with Crippen LogP contribution in [0.2, 0.25) is 0 Å². The molecule has 14 rings (SSSR count). The van der Waals surface area contributed by atoms with Gasteiger partial charge >= 0.3 is 0 Å². The molecule has 0 saturated heterocycles. The first-order valence-corrected chi connectivity index (χ1v) is 26.5. The third kappa shape index (κ3) is 8.21. The molecule has 0 spiro atoms. The van der Waals surface area contributed by atoms with Crippen LogP contribution in [-0.4, -0.2) is 10.3 Å². The maximum Gasteiger partial charge on any atom is 0.159 e. The fourth-order valence-electron chi connectivity index (χ4n) is 11.8. The zero-order valence-corrected chi connectivity index (χ0v) is 42.5. The Kier molecular flexibility index (Phi) is 11.4. The summed E-state index contributed by atoms with van der Waals surface area (Å²) in [4.78, 5) is 5.57. The average Bonchev–Trinajstić information content (AvgIpc) is 4.09. The van der Waals surface area contributed by atoms with E-state index >= 15 is 0 Å². The predicted molar refractivity (Wildman–Crippen MR) is 328 cm³/mol. The number of fused-ring (bicyclic) bond motifs is 12. The summed E-state index contributed by atoms with van der Waals surface area (Å²) in [6.07, 6.45) is 7.81. The minimum absolute atomic E-state index is 0.310. The van der Waals surface area contributed by atoms with Gasteiger partial charge in [-0.05, 0) is 143 Å².